The quantitative estimate of drug-likeness (QED) is 0.912. The molecule has 0 bridgehead atoms. The topological polar surface area (TPSA) is 50.4 Å². The molecule has 2 rings (SSSR count). The van der Waals surface area contributed by atoms with Crippen LogP contribution in [-0.2, 0) is 0 Å². The Bertz CT molecular complexity index is 543. The lowest BCUT2D eigenvalue weighted by atomic mass is 10.0. The Morgan fingerprint density at radius 3 is 2.81 bits per heavy atom. The molecule has 2 aromatic rings. The molecule has 1 aromatic carbocycles. The summed E-state index contributed by atoms with van der Waals surface area (Å²) in [5.74, 6) is -0.552. The van der Waals surface area contributed by atoms with Crippen LogP contribution in [0.15, 0.2) is 39.4 Å². The number of carbonyl (C=O) groups is 1. The van der Waals surface area contributed by atoms with Gasteiger partial charge in [0.15, 0.2) is 0 Å². The van der Waals surface area contributed by atoms with E-state index in [4.69, 9.17) is 9.52 Å². The highest BCUT2D eigenvalue weighted by Gasteiger charge is 2.18. The molecule has 1 aromatic heterocycles. The molecular formula is C12H9BrO3. The van der Waals surface area contributed by atoms with Crippen molar-refractivity contribution in [2.75, 3.05) is 0 Å². The summed E-state index contributed by atoms with van der Waals surface area (Å²) in [6, 6.07) is 7.45. The predicted octanol–water partition coefficient (Wildman–Crippen LogP) is 3.72. The zero-order valence-corrected chi connectivity index (χ0v) is 10.1. The molecule has 1 heterocycles. The summed E-state index contributed by atoms with van der Waals surface area (Å²) in [6.07, 6.45) is 1.47. The van der Waals surface area contributed by atoms with Crippen molar-refractivity contribution in [2.24, 2.45) is 0 Å². The SMILES string of the molecule is Cc1occ(-c2cccc(Br)c2)c1C(=O)O. The highest BCUT2D eigenvalue weighted by atomic mass is 79.9. The van der Waals surface area contributed by atoms with E-state index in [1.54, 1.807) is 6.92 Å². The zero-order chi connectivity index (χ0) is 11.7. The number of furan rings is 1. The van der Waals surface area contributed by atoms with E-state index in [9.17, 15) is 4.79 Å². The van der Waals surface area contributed by atoms with Crippen molar-refractivity contribution >= 4 is 21.9 Å². The standard InChI is InChI=1S/C12H9BrO3/c1-7-11(12(14)15)10(6-16-7)8-3-2-4-9(13)5-8/h2-6H,1H3,(H,14,15). The third kappa shape index (κ3) is 1.88. The van der Waals surface area contributed by atoms with Crippen LogP contribution in [0.1, 0.15) is 16.1 Å². The van der Waals surface area contributed by atoms with E-state index in [1.807, 2.05) is 24.3 Å². The minimum Gasteiger partial charge on any atom is -0.478 e. The molecule has 0 aliphatic heterocycles. The van der Waals surface area contributed by atoms with Gasteiger partial charge in [0.2, 0.25) is 0 Å². The Morgan fingerprint density at radius 2 is 2.19 bits per heavy atom. The predicted molar refractivity (Wildman–Crippen MR) is 63.5 cm³/mol. The van der Waals surface area contributed by atoms with Crippen LogP contribution in [-0.4, -0.2) is 11.1 Å². The minimum atomic E-state index is -0.971. The summed E-state index contributed by atoms with van der Waals surface area (Å²) >= 11 is 3.35. The molecule has 0 atom stereocenters. The fourth-order valence-electron chi connectivity index (χ4n) is 1.59. The average molecular weight is 281 g/mol. The van der Waals surface area contributed by atoms with Gasteiger partial charge in [0.05, 0.1) is 6.26 Å². The average Bonchev–Trinajstić information content (AvgIpc) is 2.60. The number of hydrogen-bond donors (Lipinski definition) is 1. The van der Waals surface area contributed by atoms with Crippen LogP contribution in [0.4, 0.5) is 0 Å². The van der Waals surface area contributed by atoms with Gasteiger partial charge >= 0.3 is 5.97 Å². The monoisotopic (exact) mass is 280 g/mol. The molecule has 0 saturated heterocycles. The summed E-state index contributed by atoms with van der Waals surface area (Å²) in [6.45, 7) is 1.64. The first kappa shape index (κ1) is 11.0. The van der Waals surface area contributed by atoms with Crippen LogP contribution in [0.2, 0.25) is 0 Å². The maximum atomic E-state index is 11.1. The van der Waals surface area contributed by atoms with Gasteiger partial charge in [-0.1, -0.05) is 28.1 Å². The molecule has 0 spiro atoms. The highest BCUT2D eigenvalue weighted by Crippen LogP contribution is 2.29. The van der Waals surface area contributed by atoms with Gasteiger partial charge in [-0.25, -0.2) is 4.79 Å². The molecule has 1 N–H and O–H groups in total. The Morgan fingerprint density at radius 1 is 1.44 bits per heavy atom. The largest absolute Gasteiger partial charge is 0.478 e. The number of carboxylic acid groups (broad SMARTS) is 1. The number of benzene rings is 1. The van der Waals surface area contributed by atoms with Crippen molar-refractivity contribution in [3.8, 4) is 11.1 Å². The van der Waals surface area contributed by atoms with E-state index in [0.717, 1.165) is 10.0 Å². The van der Waals surface area contributed by atoms with Gasteiger partial charge in [0, 0.05) is 10.0 Å². The number of halogens is 1. The van der Waals surface area contributed by atoms with Crippen LogP contribution < -0.4 is 0 Å². The second kappa shape index (κ2) is 4.14. The van der Waals surface area contributed by atoms with Crippen molar-refractivity contribution in [2.45, 2.75) is 6.92 Å². The molecule has 0 aliphatic carbocycles. The Hall–Kier alpha value is -1.55. The van der Waals surface area contributed by atoms with Crippen molar-refractivity contribution < 1.29 is 14.3 Å². The Kier molecular flexibility index (Phi) is 2.83. The van der Waals surface area contributed by atoms with Gasteiger partial charge in [0.1, 0.15) is 11.3 Å². The minimum absolute atomic E-state index is 0.220. The number of rotatable bonds is 2. The smallest absolute Gasteiger partial charge is 0.339 e. The maximum absolute atomic E-state index is 11.1. The van der Waals surface area contributed by atoms with Crippen LogP contribution in [0.25, 0.3) is 11.1 Å². The summed E-state index contributed by atoms with van der Waals surface area (Å²) in [7, 11) is 0. The molecule has 82 valence electrons. The van der Waals surface area contributed by atoms with Crippen molar-refractivity contribution in [1.82, 2.24) is 0 Å². The molecule has 16 heavy (non-hydrogen) atoms. The molecule has 3 nitrogen and oxygen atoms in total. The zero-order valence-electron chi connectivity index (χ0n) is 8.53. The summed E-state index contributed by atoms with van der Waals surface area (Å²) < 4.78 is 6.06. The van der Waals surface area contributed by atoms with E-state index in [2.05, 4.69) is 15.9 Å². The second-order valence-electron chi connectivity index (χ2n) is 3.40. The lowest BCUT2D eigenvalue weighted by molar-refractivity contribution is 0.0696. The lowest BCUT2D eigenvalue weighted by Gasteiger charge is -2.00. The number of carboxylic acids is 1. The summed E-state index contributed by atoms with van der Waals surface area (Å²) in [4.78, 5) is 11.1. The van der Waals surface area contributed by atoms with Gasteiger partial charge in [0.25, 0.3) is 0 Å². The molecule has 0 fully saturated rings. The Labute approximate surface area is 101 Å². The van der Waals surface area contributed by atoms with E-state index >= 15 is 0 Å². The number of hydrogen-bond acceptors (Lipinski definition) is 2. The normalized spacial score (nSPS) is 10.4. The fourth-order valence-corrected chi connectivity index (χ4v) is 1.99. The Balaban J connectivity index is 2.60. The summed E-state index contributed by atoms with van der Waals surface area (Å²) in [5.41, 5.74) is 1.65. The molecule has 0 saturated carbocycles. The van der Waals surface area contributed by atoms with Gasteiger partial charge in [-0.3, -0.25) is 0 Å². The first-order valence-corrected chi connectivity index (χ1v) is 5.46. The van der Waals surface area contributed by atoms with Crippen LogP contribution in [0.3, 0.4) is 0 Å². The molecular weight excluding hydrogens is 272 g/mol. The van der Waals surface area contributed by atoms with E-state index in [0.29, 0.717) is 11.3 Å². The van der Waals surface area contributed by atoms with Gasteiger partial charge in [-0.15, -0.1) is 0 Å². The van der Waals surface area contributed by atoms with Gasteiger partial charge in [-0.05, 0) is 24.6 Å². The lowest BCUT2D eigenvalue weighted by Crippen LogP contribution is -1.98. The number of aromatic carboxylic acids is 1. The fraction of sp³-hybridized carbons (Fsp3) is 0.0833. The maximum Gasteiger partial charge on any atom is 0.339 e. The second-order valence-corrected chi connectivity index (χ2v) is 4.31. The third-order valence-corrected chi connectivity index (χ3v) is 2.82. The number of aryl methyl sites for hydroxylation is 1. The molecule has 0 unspecified atom stereocenters. The van der Waals surface area contributed by atoms with Gasteiger partial charge in [-0.2, -0.15) is 0 Å². The first-order chi connectivity index (χ1) is 7.59. The van der Waals surface area contributed by atoms with E-state index in [-0.39, 0.29) is 5.56 Å². The van der Waals surface area contributed by atoms with Crippen molar-refractivity contribution in [3.05, 3.63) is 46.3 Å². The van der Waals surface area contributed by atoms with E-state index < -0.39 is 5.97 Å². The summed E-state index contributed by atoms with van der Waals surface area (Å²) in [5, 5.41) is 9.09. The van der Waals surface area contributed by atoms with Crippen molar-refractivity contribution in [3.63, 3.8) is 0 Å². The molecule has 0 amide bonds. The van der Waals surface area contributed by atoms with Crippen molar-refractivity contribution in [1.29, 1.82) is 0 Å². The highest BCUT2D eigenvalue weighted by molar-refractivity contribution is 9.10. The molecule has 4 heteroatoms. The molecule has 0 radical (unpaired) electrons. The van der Waals surface area contributed by atoms with Crippen LogP contribution in [0.5, 0.6) is 0 Å². The van der Waals surface area contributed by atoms with Crippen LogP contribution >= 0.6 is 15.9 Å². The molecule has 0 aliphatic rings. The first-order valence-electron chi connectivity index (χ1n) is 4.67. The van der Waals surface area contributed by atoms with Gasteiger partial charge < -0.3 is 9.52 Å². The van der Waals surface area contributed by atoms with E-state index in [1.165, 1.54) is 6.26 Å². The third-order valence-electron chi connectivity index (χ3n) is 2.32. The van der Waals surface area contributed by atoms with Crippen LogP contribution in [0, 0.1) is 6.92 Å².